The fraction of sp³-hybridized carbons (Fsp3) is 0.733. The number of rotatable bonds is 4. The molecule has 6 nitrogen and oxygen atoms in total. The van der Waals surface area contributed by atoms with Crippen LogP contribution in [0, 0.1) is 0 Å². The van der Waals surface area contributed by atoms with Crippen LogP contribution in [0.25, 0.3) is 0 Å². The first-order chi connectivity index (χ1) is 10.7. The molecule has 1 N–H and O–H groups in total. The van der Waals surface area contributed by atoms with Crippen LogP contribution >= 0.6 is 11.3 Å². The molecule has 2 aliphatic heterocycles. The Bertz CT molecular complexity index is 476. The summed E-state index contributed by atoms with van der Waals surface area (Å²) in [6.45, 7) is 6.95. The summed E-state index contributed by atoms with van der Waals surface area (Å²) in [5, 5.41) is 6.23. The molecule has 1 aromatic rings. The number of hydrogen-bond acceptors (Lipinski definition) is 6. The van der Waals surface area contributed by atoms with Gasteiger partial charge in [-0.25, -0.2) is 4.98 Å². The van der Waals surface area contributed by atoms with Gasteiger partial charge in [0.15, 0.2) is 5.13 Å². The third kappa shape index (κ3) is 3.97. The Morgan fingerprint density at radius 3 is 2.95 bits per heavy atom. The van der Waals surface area contributed by atoms with Crippen LogP contribution in [0.3, 0.4) is 0 Å². The van der Waals surface area contributed by atoms with Crippen LogP contribution in [0.5, 0.6) is 0 Å². The van der Waals surface area contributed by atoms with Crippen LogP contribution in [0.1, 0.15) is 19.8 Å². The van der Waals surface area contributed by atoms with Gasteiger partial charge >= 0.3 is 0 Å². The van der Waals surface area contributed by atoms with Crippen molar-refractivity contribution in [3.8, 4) is 0 Å². The molecule has 0 aliphatic carbocycles. The maximum Gasteiger partial charge on any atom is 0.234 e. The van der Waals surface area contributed by atoms with E-state index in [1.807, 2.05) is 11.6 Å². The van der Waals surface area contributed by atoms with E-state index in [0.29, 0.717) is 12.6 Å². The SMILES string of the molecule is C[C@H]1CN(CC(=O)NC2CCOCC2)CCN1c1nccs1. The Hall–Kier alpha value is -1.18. The van der Waals surface area contributed by atoms with Crippen LogP contribution in [-0.2, 0) is 9.53 Å². The van der Waals surface area contributed by atoms with Crippen molar-refractivity contribution < 1.29 is 9.53 Å². The largest absolute Gasteiger partial charge is 0.381 e. The van der Waals surface area contributed by atoms with Crippen molar-refractivity contribution in [3.63, 3.8) is 0 Å². The number of hydrogen-bond donors (Lipinski definition) is 1. The second kappa shape index (κ2) is 7.39. The van der Waals surface area contributed by atoms with Gasteiger partial charge in [-0.05, 0) is 19.8 Å². The van der Waals surface area contributed by atoms with Gasteiger partial charge in [0.1, 0.15) is 0 Å². The summed E-state index contributed by atoms with van der Waals surface area (Å²) in [5.41, 5.74) is 0. The fourth-order valence-corrected chi connectivity index (χ4v) is 3.91. The first kappa shape index (κ1) is 15.7. The molecule has 1 aromatic heterocycles. The van der Waals surface area contributed by atoms with Gasteiger partial charge in [0, 0.05) is 56.5 Å². The van der Waals surface area contributed by atoms with Crippen LogP contribution in [0.15, 0.2) is 11.6 Å². The number of ether oxygens (including phenoxy) is 1. The third-order valence-corrected chi connectivity index (χ3v) is 5.14. The molecule has 2 fully saturated rings. The molecule has 122 valence electrons. The molecule has 0 radical (unpaired) electrons. The number of anilines is 1. The van der Waals surface area contributed by atoms with E-state index in [9.17, 15) is 4.79 Å². The molecule has 3 heterocycles. The van der Waals surface area contributed by atoms with E-state index in [1.54, 1.807) is 11.3 Å². The van der Waals surface area contributed by atoms with Crippen molar-refractivity contribution in [2.45, 2.75) is 31.8 Å². The first-order valence-electron chi connectivity index (χ1n) is 7.98. The monoisotopic (exact) mass is 324 g/mol. The lowest BCUT2D eigenvalue weighted by atomic mass is 10.1. The molecule has 2 saturated heterocycles. The zero-order valence-electron chi connectivity index (χ0n) is 13.0. The van der Waals surface area contributed by atoms with Gasteiger partial charge in [0.25, 0.3) is 0 Å². The number of carbonyl (C=O) groups is 1. The summed E-state index contributed by atoms with van der Waals surface area (Å²) in [6, 6.07) is 0.672. The average molecular weight is 324 g/mol. The second-order valence-electron chi connectivity index (χ2n) is 6.05. The minimum atomic E-state index is 0.141. The van der Waals surface area contributed by atoms with Crippen molar-refractivity contribution in [1.29, 1.82) is 0 Å². The topological polar surface area (TPSA) is 57.7 Å². The fourth-order valence-electron chi connectivity index (χ4n) is 3.14. The Morgan fingerprint density at radius 1 is 1.45 bits per heavy atom. The lowest BCUT2D eigenvalue weighted by molar-refractivity contribution is -0.123. The van der Waals surface area contributed by atoms with E-state index in [0.717, 1.165) is 50.8 Å². The van der Waals surface area contributed by atoms with Gasteiger partial charge in [0.05, 0.1) is 6.54 Å². The highest BCUT2D eigenvalue weighted by Crippen LogP contribution is 2.22. The van der Waals surface area contributed by atoms with Crippen molar-refractivity contribution in [2.75, 3.05) is 44.3 Å². The Labute approximate surface area is 135 Å². The number of aromatic nitrogens is 1. The molecule has 1 amide bonds. The molecule has 7 heteroatoms. The number of carbonyl (C=O) groups excluding carboxylic acids is 1. The van der Waals surface area contributed by atoms with Crippen LogP contribution < -0.4 is 10.2 Å². The van der Waals surface area contributed by atoms with Gasteiger partial charge in [-0.3, -0.25) is 9.69 Å². The number of piperazine rings is 1. The Morgan fingerprint density at radius 2 is 2.27 bits per heavy atom. The molecule has 1 atom stereocenters. The number of amides is 1. The van der Waals surface area contributed by atoms with Crippen molar-refractivity contribution in [2.24, 2.45) is 0 Å². The van der Waals surface area contributed by atoms with Gasteiger partial charge in [-0.15, -0.1) is 11.3 Å². The molecular formula is C15H24N4O2S. The summed E-state index contributed by atoms with van der Waals surface area (Å²) < 4.78 is 5.32. The maximum absolute atomic E-state index is 12.2. The predicted octanol–water partition coefficient (Wildman–Crippen LogP) is 0.949. The molecule has 3 rings (SSSR count). The lowest BCUT2D eigenvalue weighted by Gasteiger charge is -2.39. The molecule has 0 spiro atoms. The van der Waals surface area contributed by atoms with Gasteiger partial charge in [-0.2, -0.15) is 0 Å². The van der Waals surface area contributed by atoms with Gasteiger partial charge in [0.2, 0.25) is 5.91 Å². The van der Waals surface area contributed by atoms with E-state index in [-0.39, 0.29) is 11.9 Å². The van der Waals surface area contributed by atoms with Gasteiger partial charge in [-0.1, -0.05) is 0 Å². The summed E-state index contributed by atoms with van der Waals surface area (Å²) in [7, 11) is 0. The highest BCUT2D eigenvalue weighted by molar-refractivity contribution is 7.13. The van der Waals surface area contributed by atoms with E-state index >= 15 is 0 Å². The highest BCUT2D eigenvalue weighted by Gasteiger charge is 2.27. The Kier molecular flexibility index (Phi) is 5.28. The van der Waals surface area contributed by atoms with Crippen molar-refractivity contribution in [1.82, 2.24) is 15.2 Å². The van der Waals surface area contributed by atoms with E-state index < -0.39 is 0 Å². The number of nitrogens with one attached hydrogen (secondary N) is 1. The third-order valence-electron chi connectivity index (χ3n) is 4.33. The standard InChI is InChI=1S/C15H24N4O2S/c1-12-10-18(5-6-19(12)15-16-4-9-22-15)11-14(20)17-13-2-7-21-8-3-13/h4,9,12-13H,2-3,5-8,10-11H2,1H3,(H,17,20)/t12-/m0/s1. The normalized spacial score (nSPS) is 24.4. The molecule has 0 saturated carbocycles. The highest BCUT2D eigenvalue weighted by atomic mass is 32.1. The van der Waals surface area contributed by atoms with Crippen LogP contribution in [0.4, 0.5) is 5.13 Å². The molecule has 22 heavy (non-hydrogen) atoms. The first-order valence-corrected chi connectivity index (χ1v) is 8.86. The summed E-state index contributed by atoms with van der Waals surface area (Å²) >= 11 is 1.68. The summed E-state index contributed by atoms with van der Waals surface area (Å²) in [5.74, 6) is 0.141. The zero-order chi connectivity index (χ0) is 15.4. The zero-order valence-corrected chi connectivity index (χ0v) is 13.8. The van der Waals surface area contributed by atoms with E-state index in [2.05, 4.69) is 27.0 Å². The Balaban J connectivity index is 1.45. The van der Waals surface area contributed by atoms with E-state index in [1.165, 1.54) is 0 Å². The predicted molar refractivity (Wildman–Crippen MR) is 87.3 cm³/mol. The van der Waals surface area contributed by atoms with Crippen molar-refractivity contribution >= 4 is 22.4 Å². The van der Waals surface area contributed by atoms with Crippen LogP contribution in [0.2, 0.25) is 0 Å². The minimum Gasteiger partial charge on any atom is -0.381 e. The van der Waals surface area contributed by atoms with Gasteiger partial charge < -0.3 is 15.0 Å². The quantitative estimate of drug-likeness (QED) is 0.894. The minimum absolute atomic E-state index is 0.141. The number of thiazole rings is 1. The summed E-state index contributed by atoms with van der Waals surface area (Å²) in [6.07, 6.45) is 3.71. The molecule has 0 aromatic carbocycles. The maximum atomic E-state index is 12.2. The smallest absolute Gasteiger partial charge is 0.234 e. The average Bonchev–Trinajstić information content (AvgIpc) is 3.02. The summed E-state index contributed by atoms with van der Waals surface area (Å²) in [4.78, 5) is 21.1. The number of nitrogens with zero attached hydrogens (tertiary/aromatic N) is 3. The lowest BCUT2D eigenvalue weighted by Crippen LogP contribution is -2.54. The second-order valence-corrected chi connectivity index (χ2v) is 6.92. The van der Waals surface area contributed by atoms with Crippen molar-refractivity contribution in [3.05, 3.63) is 11.6 Å². The molecule has 0 unspecified atom stereocenters. The molecule has 2 aliphatic rings. The van der Waals surface area contributed by atoms with E-state index in [4.69, 9.17) is 4.74 Å². The molecular weight excluding hydrogens is 300 g/mol. The van der Waals surface area contributed by atoms with Crippen LogP contribution in [-0.4, -0.2) is 67.3 Å². The molecule has 0 bridgehead atoms.